The van der Waals surface area contributed by atoms with Gasteiger partial charge in [0.1, 0.15) is 11.0 Å². The summed E-state index contributed by atoms with van der Waals surface area (Å²) in [6.45, 7) is 0. The van der Waals surface area contributed by atoms with Crippen LogP contribution in [0.25, 0.3) is 103 Å². The monoisotopic (exact) mass is 655 g/mol. The maximum atomic E-state index is 5.28. The summed E-state index contributed by atoms with van der Waals surface area (Å²) in [5.41, 5.74) is 7.02. The molecule has 0 atom stereocenters. The van der Waals surface area contributed by atoms with Gasteiger partial charge in [-0.15, -0.1) is 11.3 Å². The molecule has 6 heteroatoms. The van der Waals surface area contributed by atoms with E-state index in [1.54, 1.807) is 0 Å². The molecular weight excluding hydrogens is 631 g/mol. The highest BCUT2D eigenvalue weighted by Gasteiger charge is 2.19. The van der Waals surface area contributed by atoms with Gasteiger partial charge >= 0.3 is 0 Å². The highest BCUT2D eigenvalue weighted by molar-refractivity contribution is 7.26. The standard InChI is InChI=1S/C44H25N5S/c1-2-11-26(12-3-1)43-45-24-35-29-15-4-5-16-30(29)36-25-46-44(48-40(36)39(35)47-43)27-13-10-14-28(23-27)49-37-19-8-6-17-31(37)33-21-22-34-32-18-7-9-20-38(32)50-42(34)41(33)49/h1-25H. The van der Waals surface area contributed by atoms with E-state index in [0.29, 0.717) is 11.6 Å². The van der Waals surface area contributed by atoms with E-state index in [0.717, 1.165) is 49.4 Å². The lowest BCUT2D eigenvalue weighted by molar-refractivity contribution is 1.17. The predicted molar refractivity (Wildman–Crippen MR) is 208 cm³/mol. The summed E-state index contributed by atoms with van der Waals surface area (Å²) in [6, 6.07) is 49.0. The fourth-order valence-electron chi connectivity index (χ4n) is 7.62. The van der Waals surface area contributed by atoms with Crippen LogP contribution in [0.3, 0.4) is 0 Å². The first-order valence-corrected chi connectivity index (χ1v) is 17.5. The molecule has 5 nitrogen and oxygen atoms in total. The number of thiophene rings is 1. The molecule has 0 radical (unpaired) electrons. The molecule has 0 bridgehead atoms. The molecule has 0 aliphatic rings. The fraction of sp³-hybridized carbons (Fsp3) is 0. The van der Waals surface area contributed by atoms with Crippen molar-refractivity contribution in [2.75, 3.05) is 0 Å². The van der Waals surface area contributed by atoms with Gasteiger partial charge < -0.3 is 4.57 Å². The van der Waals surface area contributed by atoms with Crippen LogP contribution in [-0.2, 0) is 0 Å². The zero-order valence-corrected chi connectivity index (χ0v) is 27.4. The maximum Gasteiger partial charge on any atom is 0.159 e. The Kier molecular flexibility index (Phi) is 5.76. The Labute approximate surface area is 289 Å². The van der Waals surface area contributed by atoms with Crippen molar-refractivity contribution in [2.24, 2.45) is 0 Å². The molecule has 4 heterocycles. The summed E-state index contributed by atoms with van der Waals surface area (Å²) in [7, 11) is 0. The van der Waals surface area contributed by atoms with Crippen molar-refractivity contribution in [1.29, 1.82) is 0 Å². The number of para-hydroxylation sites is 1. The molecular formula is C44H25N5S. The minimum absolute atomic E-state index is 0.656. The molecule has 11 aromatic rings. The predicted octanol–water partition coefficient (Wildman–Crippen LogP) is 11.5. The second kappa shape index (κ2) is 10.5. The Balaban J connectivity index is 1.16. The third-order valence-corrected chi connectivity index (χ3v) is 11.1. The molecule has 0 saturated carbocycles. The molecule has 11 rings (SSSR count). The van der Waals surface area contributed by atoms with Crippen LogP contribution in [-0.4, -0.2) is 24.5 Å². The molecule has 0 amide bonds. The van der Waals surface area contributed by atoms with Crippen molar-refractivity contribution in [1.82, 2.24) is 24.5 Å². The van der Waals surface area contributed by atoms with Crippen LogP contribution in [0.4, 0.5) is 0 Å². The van der Waals surface area contributed by atoms with Gasteiger partial charge in [0.15, 0.2) is 11.6 Å². The minimum atomic E-state index is 0.656. The van der Waals surface area contributed by atoms with Crippen LogP contribution in [0.15, 0.2) is 152 Å². The zero-order chi connectivity index (χ0) is 32.8. The molecule has 0 spiro atoms. The SMILES string of the molecule is c1ccc(-c2ncc3c4ccccc4c4cnc(-c5cccc(-n6c7ccccc7c7ccc8c9ccccc9sc8c76)c5)nc4c3n2)cc1. The van der Waals surface area contributed by atoms with Gasteiger partial charge in [-0.3, -0.25) is 0 Å². The number of hydrogen-bond acceptors (Lipinski definition) is 5. The van der Waals surface area contributed by atoms with Gasteiger partial charge in [-0.25, -0.2) is 19.9 Å². The summed E-state index contributed by atoms with van der Waals surface area (Å²) in [6.07, 6.45) is 3.89. The molecule has 0 saturated heterocycles. The van der Waals surface area contributed by atoms with Gasteiger partial charge in [-0.2, -0.15) is 0 Å². The van der Waals surface area contributed by atoms with Crippen LogP contribution in [0.2, 0.25) is 0 Å². The second-order valence-electron chi connectivity index (χ2n) is 12.7. The number of rotatable bonds is 3. The van der Waals surface area contributed by atoms with Crippen LogP contribution in [0, 0.1) is 0 Å². The molecule has 0 N–H and O–H groups in total. The number of aromatic nitrogens is 5. The van der Waals surface area contributed by atoms with E-state index >= 15 is 0 Å². The average Bonchev–Trinajstić information content (AvgIpc) is 3.74. The van der Waals surface area contributed by atoms with Gasteiger partial charge in [0.05, 0.1) is 15.7 Å². The number of fused-ring (bicyclic) bond motifs is 13. The molecule has 0 aliphatic heterocycles. The maximum absolute atomic E-state index is 5.28. The minimum Gasteiger partial charge on any atom is -0.308 e. The smallest absolute Gasteiger partial charge is 0.159 e. The summed E-state index contributed by atoms with van der Waals surface area (Å²) < 4.78 is 5.00. The summed E-state index contributed by atoms with van der Waals surface area (Å²) in [4.78, 5) is 20.2. The topological polar surface area (TPSA) is 56.5 Å². The van der Waals surface area contributed by atoms with Crippen LogP contribution < -0.4 is 0 Å². The normalized spacial score (nSPS) is 12.0. The van der Waals surface area contributed by atoms with E-state index in [-0.39, 0.29) is 0 Å². The lowest BCUT2D eigenvalue weighted by Crippen LogP contribution is -1.98. The van der Waals surface area contributed by atoms with Crippen molar-refractivity contribution in [3.8, 4) is 28.5 Å². The largest absolute Gasteiger partial charge is 0.308 e. The average molecular weight is 656 g/mol. The molecule has 50 heavy (non-hydrogen) atoms. The van der Waals surface area contributed by atoms with E-state index < -0.39 is 0 Å². The van der Waals surface area contributed by atoms with Crippen molar-refractivity contribution >= 4 is 85.9 Å². The van der Waals surface area contributed by atoms with Crippen LogP contribution >= 0.6 is 11.3 Å². The Morgan fingerprint density at radius 3 is 1.80 bits per heavy atom. The Morgan fingerprint density at radius 1 is 0.440 bits per heavy atom. The van der Waals surface area contributed by atoms with Crippen molar-refractivity contribution in [2.45, 2.75) is 0 Å². The van der Waals surface area contributed by atoms with Gasteiger partial charge in [-0.05, 0) is 35.0 Å². The van der Waals surface area contributed by atoms with Gasteiger partial charge in [0.25, 0.3) is 0 Å². The molecule has 0 aliphatic carbocycles. The molecule has 232 valence electrons. The molecule has 0 fully saturated rings. The van der Waals surface area contributed by atoms with E-state index in [9.17, 15) is 0 Å². The number of benzene rings is 7. The molecule has 7 aromatic carbocycles. The van der Waals surface area contributed by atoms with E-state index in [1.807, 2.05) is 54.1 Å². The van der Waals surface area contributed by atoms with Gasteiger partial charge in [0.2, 0.25) is 0 Å². The van der Waals surface area contributed by atoms with E-state index in [1.165, 1.54) is 42.0 Å². The second-order valence-corrected chi connectivity index (χ2v) is 13.7. The summed E-state index contributed by atoms with van der Waals surface area (Å²) in [5, 5.41) is 9.19. The Hall–Kier alpha value is -6.50. The van der Waals surface area contributed by atoms with Crippen molar-refractivity contribution in [3.63, 3.8) is 0 Å². The lowest BCUT2D eigenvalue weighted by Gasteiger charge is -2.12. The first kappa shape index (κ1) is 27.5. The van der Waals surface area contributed by atoms with Gasteiger partial charge in [0, 0.05) is 66.2 Å². The van der Waals surface area contributed by atoms with E-state index in [4.69, 9.17) is 19.9 Å². The quantitative estimate of drug-likeness (QED) is 0.178. The number of nitrogens with zero attached hydrogens (tertiary/aromatic N) is 5. The van der Waals surface area contributed by atoms with Crippen LogP contribution in [0.5, 0.6) is 0 Å². The Bertz CT molecular complexity index is 3160. The van der Waals surface area contributed by atoms with Gasteiger partial charge in [-0.1, -0.05) is 115 Å². The third-order valence-electron chi connectivity index (χ3n) is 9.88. The van der Waals surface area contributed by atoms with Crippen LogP contribution in [0.1, 0.15) is 0 Å². The third kappa shape index (κ3) is 3.94. The van der Waals surface area contributed by atoms with Crippen molar-refractivity contribution < 1.29 is 0 Å². The first-order valence-electron chi connectivity index (χ1n) is 16.6. The Morgan fingerprint density at radius 2 is 1.04 bits per heavy atom. The highest BCUT2D eigenvalue weighted by Crippen LogP contribution is 2.43. The van der Waals surface area contributed by atoms with Crippen molar-refractivity contribution in [3.05, 3.63) is 152 Å². The first-order chi connectivity index (χ1) is 24.8. The number of hydrogen-bond donors (Lipinski definition) is 0. The summed E-state index contributed by atoms with van der Waals surface area (Å²) >= 11 is 1.86. The molecule has 4 aromatic heterocycles. The molecule has 0 unspecified atom stereocenters. The zero-order valence-electron chi connectivity index (χ0n) is 26.6. The fourth-order valence-corrected chi connectivity index (χ4v) is 8.86. The van der Waals surface area contributed by atoms with E-state index in [2.05, 4.69) is 114 Å². The lowest BCUT2D eigenvalue weighted by atomic mass is 10.0. The summed E-state index contributed by atoms with van der Waals surface area (Å²) in [5.74, 6) is 1.33. The highest BCUT2D eigenvalue weighted by atomic mass is 32.1.